The third-order valence-corrected chi connectivity index (χ3v) is 10.5. The van der Waals surface area contributed by atoms with E-state index in [-0.39, 0.29) is 24.1 Å². The summed E-state index contributed by atoms with van der Waals surface area (Å²) < 4.78 is 12.0. The van der Waals surface area contributed by atoms with Crippen LogP contribution in [0.1, 0.15) is 93.2 Å². The first kappa shape index (κ1) is 37.2. The molecular formula is C40H57N6O4+. The van der Waals surface area contributed by atoms with Gasteiger partial charge in [0.15, 0.2) is 0 Å². The summed E-state index contributed by atoms with van der Waals surface area (Å²) in [5, 5.41) is 0. The van der Waals surface area contributed by atoms with Crippen LogP contribution in [0, 0.1) is 0 Å². The molecule has 2 aliphatic heterocycles. The monoisotopic (exact) mass is 685 g/mol. The SMILES string of the molecule is CCN(Cc1ccc(C[N+](CC)(CC)C2CCN(c3ncccc3C(=O)OC(C)C)C2)cc1)[C@@H]1CCN(c2ncccc2C(=O)OC(C)C)C1. The van der Waals surface area contributed by atoms with Crippen molar-refractivity contribution in [2.75, 3.05) is 55.6 Å². The normalized spacial score (nSPS) is 18.0. The lowest BCUT2D eigenvalue weighted by atomic mass is 10.1. The van der Waals surface area contributed by atoms with E-state index < -0.39 is 0 Å². The maximum Gasteiger partial charge on any atom is 0.342 e. The molecule has 0 aliphatic carbocycles. The number of nitrogens with zero attached hydrogens (tertiary/aromatic N) is 6. The number of anilines is 2. The lowest BCUT2D eigenvalue weighted by Crippen LogP contribution is -2.55. The number of aromatic nitrogens is 2. The van der Waals surface area contributed by atoms with Crippen LogP contribution in [-0.2, 0) is 22.6 Å². The topological polar surface area (TPSA) is 88.1 Å². The number of likely N-dealkylation sites (N-methyl/N-ethyl adjacent to an activating group) is 2. The Kier molecular flexibility index (Phi) is 12.5. The second-order valence-corrected chi connectivity index (χ2v) is 14.3. The van der Waals surface area contributed by atoms with E-state index in [1.54, 1.807) is 18.5 Å². The van der Waals surface area contributed by atoms with Crippen LogP contribution >= 0.6 is 0 Å². The van der Waals surface area contributed by atoms with E-state index in [1.165, 1.54) is 11.1 Å². The fraction of sp³-hybridized carbons (Fsp3) is 0.550. The zero-order chi connectivity index (χ0) is 35.8. The van der Waals surface area contributed by atoms with Gasteiger partial charge in [0.2, 0.25) is 0 Å². The lowest BCUT2D eigenvalue weighted by molar-refractivity contribution is -0.958. The maximum absolute atomic E-state index is 12.9. The molecule has 50 heavy (non-hydrogen) atoms. The summed E-state index contributed by atoms with van der Waals surface area (Å²) in [6.45, 7) is 22.6. The Labute approximate surface area is 299 Å². The van der Waals surface area contributed by atoms with E-state index in [1.807, 2.05) is 45.9 Å². The summed E-state index contributed by atoms with van der Waals surface area (Å²) in [6.07, 6.45) is 5.24. The minimum Gasteiger partial charge on any atom is -0.459 e. The smallest absolute Gasteiger partial charge is 0.342 e. The van der Waals surface area contributed by atoms with E-state index >= 15 is 0 Å². The van der Waals surface area contributed by atoms with Crippen LogP contribution in [0.15, 0.2) is 60.9 Å². The molecule has 1 unspecified atom stereocenters. The molecular weight excluding hydrogens is 628 g/mol. The second-order valence-electron chi connectivity index (χ2n) is 14.3. The minimum absolute atomic E-state index is 0.176. The summed E-state index contributed by atoms with van der Waals surface area (Å²) >= 11 is 0. The van der Waals surface area contributed by atoms with Gasteiger partial charge in [-0.1, -0.05) is 31.2 Å². The molecule has 2 aliphatic rings. The number of pyridine rings is 2. The van der Waals surface area contributed by atoms with Gasteiger partial charge in [-0.15, -0.1) is 0 Å². The summed E-state index contributed by atoms with van der Waals surface area (Å²) in [4.78, 5) is 41.9. The standard InChI is InChI=1S/C40H57N6O4/c1-8-43(33-19-23-44(26-33)37-35(13-11-21-41-37)39(47)49-29(4)5)25-31-15-17-32(18-16-31)28-46(9-2,10-3)34-20-24-45(27-34)38-36(14-12-22-42-38)40(48)50-30(6)7/h11-18,21-22,29-30,33-34H,8-10,19-20,23-28H2,1-7H3/q+1/t33-,34?/m1/s1. The number of carbonyl (C=O) groups excluding carboxylic acids is 2. The van der Waals surface area contributed by atoms with Crippen molar-refractivity contribution in [1.82, 2.24) is 14.9 Å². The molecule has 0 radical (unpaired) electrons. The molecule has 0 amide bonds. The third-order valence-electron chi connectivity index (χ3n) is 10.5. The van der Waals surface area contributed by atoms with Crippen LogP contribution in [0.2, 0.25) is 0 Å². The van der Waals surface area contributed by atoms with Gasteiger partial charge in [-0.05, 0) is 84.3 Å². The molecule has 1 aromatic carbocycles. The highest BCUT2D eigenvalue weighted by molar-refractivity contribution is 5.95. The molecule has 2 fully saturated rings. The number of carbonyl (C=O) groups is 2. The molecule has 2 saturated heterocycles. The molecule has 10 heteroatoms. The fourth-order valence-corrected chi connectivity index (χ4v) is 7.73. The van der Waals surface area contributed by atoms with Gasteiger partial charge in [-0.3, -0.25) is 4.90 Å². The maximum atomic E-state index is 12.9. The van der Waals surface area contributed by atoms with Gasteiger partial charge in [0, 0.05) is 56.6 Å². The lowest BCUT2D eigenvalue weighted by Gasteiger charge is -2.42. The second kappa shape index (κ2) is 16.8. The highest BCUT2D eigenvalue weighted by Gasteiger charge is 2.40. The average Bonchev–Trinajstić information content (AvgIpc) is 3.81. The number of hydrogen-bond donors (Lipinski definition) is 0. The van der Waals surface area contributed by atoms with E-state index in [2.05, 4.69) is 69.7 Å². The molecule has 2 aromatic heterocycles. The Morgan fingerprint density at radius 3 is 1.82 bits per heavy atom. The predicted molar refractivity (Wildman–Crippen MR) is 198 cm³/mol. The zero-order valence-electron chi connectivity index (χ0n) is 31.2. The Balaban J connectivity index is 1.22. The van der Waals surface area contributed by atoms with Crippen molar-refractivity contribution in [3.05, 3.63) is 83.2 Å². The van der Waals surface area contributed by atoms with Gasteiger partial charge < -0.3 is 23.8 Å². The van der Waals surface area contributed by atoms with E-state index in [0.717, 1.165) is 82.0 Å². The summed E-state index contributed by atoms with van der Waals surface area (Å²) in [5.74, 6) is 0.824. The number of benzene rings is 1. The van der Waals surface area contributed by atoms with Crippen LogP contribution in [0.5, 0.6) is 0 Å². The minimum atomic E-state index is -0.316. The summed E-state index contributed by atoms with van der Waals surface area (Å²) in [7, 11) is 0. The van der Waals surface area contributed by atoms with Crippen molar-refractivity contribution in [3.63, 3.8) is 0 Å². The van der Waals surface area contributed by atoms with Crippen LogP contribution in [0.4, 0.5) is 11.6 Å². The number of esters is 2. The summed E-state index contributed by atoms with van der Waals surface area (Å²) in [6, 6.07) is 17.3. The number of ether oxygens (including phenoxy) is 2. The van der Waals surface area contributed by atoms with Crippen molar-refractivity contribution in [3.8, 4) is 0 Å². The molecule has 10 nitrogen and oxygen atoms in total. The number of hydrogen-bond acceptors (Lipinski definition) is 9. The van der Waals surface area contributed by atoms with E-state index in [9.17, 15) is 9.59 Å². The van der Waals surface area contributed by atoms with Crippen LogP contribution in [0.25, 0.3) is 0 Å². The fourth-order valence-electron chi connectivity index (χ4n) is 7.73. The molecule has 270 valence electrons. The van der Waals surface area contributed by atoms with Crippen molar-refractivity contribution in [2.24, 2.45) is 0 Å². The Morgan fingerprint density at radius 1 is 0.780 bits per heavy atom. The molecule has 0 saturated carbocycles. The molecule has 3 aromatic rings. The van der Waals surface area contributed by atoms with Crippen molar-refractivity contribution in [2.45, 2.75) is 98.7 Å². The predicted octanol–water partition coefficient (Wildman–Crippen LogP) is 6.34. The van der Waals surface area contributed by atoms with Gasteiger partial charge in [0.1, 0.15) is 35.3 Å². The molecule has 0 N–H and O–H groups in total. The third kappa shape index (κ3) is 8.64. The Bertz CT molecular complexity index is 1570. The van der Waals surface area contributed by atoms with Crippen molar-refractivity contribution < 1.29 is 23.5 Å². The molecule has 4 heterocycles. The number of quaternary nitrogens is 1. The van der Waals surface area contributed by atoms with E-state index in [4.69, 9.17) is 9.47 Å². The average molecular weight is 686 g/mol. The molecule has 5 rings (SSSR count). The number of rotatable bonds is 15. The first-order valence-corrected chi connectivity index (χ1v) is 18.6. The van der Waals surface area contributed by atoms with Gasteiger partial charge in [-0.25, -0.2) is 19.6 Å². The van der Waals surface area contributed by atoms with Gasteiger partial charge in [0.05, 0.1) is 31.8 Å². The van der Waals surface area contributed by atoms with Gasteiger partial charge >= 0.3 is 11.9 Å². The first-order valence-electron chi connectivity index (χ1n) is 18.6. The van der Waals surface area contributed by atoms with Crippen LogP contribution in [0.3, 0.4) is 0 Å². The highest BCUT2D eigenvalue weighted by atomic mass is 16.5. The zero-order valence-corrected chi connectivity index (χ0v) is 31.2. The molecule has 2 atom stereocenters. The van der Waals surface area contributed by atoms with Crippen molar-refractivity contribution in [1.29, 1.82) is 0 Å². The molecule has 0 spiro atoms. The Hall–Kier alpha value is -4.02. The van der Waals surface area contributed by atoms with Crippen LogP contribution < -0.4 is 9.80 Å². The van der Waals surface area contributed by atoms with Gasteiger partial charge in [0.25, 0.3) is 0 Å². The largest absolute Gasteiger partial charge is 0.459 e. The van der Waals surface area contributed by atoms with Crippen molar-refractivity contribution >= 4 is 23.6 Å². The first-order chi connectivity index (χ1) is 24.1. The molecule has 0 bridgehead atoms. The Morgan fingerprint density at radius 2 is 1.30 bits per heavy atom. The highest BCUT2D eigenvalue weighted by Crippen LogP contribution is 2.31. The quantitative estimate of drug-likeness (QED) is 0.134. The summed E-state index contributed by atoms with van der Waals surface area (Å²) in [5.41, 5.74) is 3.73. The van der Waals surface area contributed by atoms with Crippen LogP contribution in [-0.4, -0.2) is 101 Å². The van der Waals surface area contributed by atoms with Gasteiger partial charge in [-0.2, -0.15) is 0 Å². The van der Waals surface area contributed by atoms with E-state index in [0.29, 0.717) is 29.0 Å².